The molecule has 1 fully saturated rings. The first-order chi connectivity index (χ1) is 10.4. The second-order valence-electron chi connectivity index (χ2n) is 6.47. The molecule has 0 bridgehead atoms. The van der Waals surface area contributed by atoms with E-state index in [2.05, 4.69) is 31.3 Å². The molecule has 0 aliphatic carbocycles. The van der Waals surface area contributed by atoms with Gasteiger partial charge >= 0.3 is 0 Å². The summed E-state index contributed by atoms with van der Waals surface area (Å²) in [7, 11) is 0. The molecule has 2 atom stereocenters. The van der Waals surface area contributed by atoms with Crippen LogP contribution >= 0.6 is 0 Å². The van der Waals surface area contributed by atoms with Crippen molar-refractivity contribution in [1.82, 2.24) is 5.32 Å². The molecule has 1 aliphatic rings. The van der Waals surface area contributed by atoms with Gasteiger partial charge in [-0.1, -0.05) is 32.9 Å². The number of benzene rings is 1. The first kappa shape index (κ1) is 16.5. The summed E-state index contributed by atoms with van der Waals surface area (Å²) in [5.74, 6) is 0.196. The molecule has 0 saturated carbocycles. The average molecular weight is 302 g/mol. The Hall–Kier alpha value is -1.84. The smallest absolute Gasteiger partial charge is 0.227 e. The van der Waals surface area contributed by atoms with Gasteiger partial charge in [-0.15, -0.1) is 0 Å². The van der Waals surface area contributed by atoms with Crippen molar-refractivity contribution >= 4 is 17.5 Å². The molecule has 0 aromatic heterocycles. The van der Waals surface area contributed by atoms with Crippen LogP contribution in [-0.2, 0) is 9.59 Å². The van der Waals surface area contributed by atoms with Crippen molar-refractivity contribution in [3.63, 3.8) is 0 Å². The maximum absolute atomic E-state index is 12.3. The van der Waals surface area contributed by atoms with E-state index in [-0.39, 0.29) is 23.8 Å². The van der Waals surface area contributed by atoms with Crippen molar-refractivity contribution in [2.75, 3.05) is 11.4 Å². The van der Waals surface area contributed by atoms with Gasteiger partial charge in [-0.05, 0) is 37.0 Å². The fourth-order valence-corrected chi connectivity index (χ4v) is 2.65. The third-order valence-electron chi connectivity index (χ3n) is 4.35. The number of hydrogen-bond acceptors (Lipinski definition) is 2. The van der Waals surface area contributed by atoms with E-state index in [0.717, 1.165) is 12.1 Å². The zero-order chi connectivity index (χ0) is 16.3. The summed E-state index contributed by atoms with van der Waals surface area (Å²) in [6, 6.07) is 8.20. The van der Waals surface area contributed by atoms with Gasteiger partial charge in [0, 0.05) is 24.7 Å². The zero-order valence-electron chi connectivity index (χ0n) is 13.9. The van der Waals surface area contributed by atoms with Gasteiger partial charge in [0.25, 0.3) is 0 Å². The molecule has 4 heteroatoms. The number of anilines is 1. The standard InChI is InChI=1S/C18H26N2O2/c1-5-13(4)19-18(22)15-10-17(21)20(11-15)16-8-6-7-14(9-16)12(2)3/h6-9,12-13,15H,5,10-11H2,1-4H3,(H,19,22)/t13-,15+/m1/s1. The van der Waals surface area contributed by atoms with E-state index in [9.17, 15) is 9.59 Å². The molecule has 1 aromatic rings. The van der Waals surface area contributed by atoms with Crippen molar-refractivity contribution in [3.8, 4) is 0 Å². The fraction of sp³-hybridized carbons (Fsp3) is 0.556. The van der Waals surface area contributed by atoms with Crippen molar-refractivity contribution in [1.29, 1.82) is 0 Å². The van der Waals surface area contributed by atoms with Crippen LogP contribution in [0.1, 0.15) is 52.0 Å². The minimum atomic E-state index is -0.246. The number of nitrogens with zero attached hydrogens (tertiary/aromatic N) is 1. The summed E-state index contributed by atoms with van der Waals surface area (Å²) in [4.78, 5) is 26.2. The van der Waals surface area contributed by atoms with Crippen LogP contribution in [-0.4, -0.2) is 24.4 Å². The van der Waals surface area contributed by atoms with Gasteiger partial charge in [0.15, 0.2) is 0 Å². The summed E-state index contributed by atoms with van der Waals surface area (Å²) in [5.41, 5.74) is 2.10. The largest absolute Gasteiger partial charge is 0.353 e. The van der Waals surface area contributed by atoms with Crippen LogP contribution in [0.4, 0.5) is 5.69 Å². The number of carbonyl (C=O) groups excluding carboxylic acids is 2. The molecule has 120 valence electrons. The zero-order valence-corrected chi connectivity index (χ0v) is 13.9. The van der Waals surface area contributed by atoms with Crippen LogP contribution in [0.2, 0.25) is 0 Å². The summed E-state index contributed by atoms with van der Waals surface area (Å²) in [6.45, 7) is 8.76. The Kier molecular flexibility index (Phi) is 5.22. The lowest BCUT2D eigenvalue weighted by Gasteiger charge is -2.19. The van der Waals surface area contributed by atoms with Crippen LogP contribution in [0.25, 0.3) is 0 Å². The molecule has 2 rings (SSSR count). The quantitative estimate of drug-likeness (QED) is 0.908. The number of nitrogens with one attached hydrogen (secondary N) is 1. The van der Waals surface area contributed by atoms with Crippen molar-refractivity contribution in [2.45, 2.75) is 52.5 Å². The molecule has 1 N–H and O–H groups in total. The number of carbonyl (C=O) groups is 2. The SMILES string of the molecule is CC[C@@H](C)NC(=O)[C@H]1CC(=O)N(c2cccc(C(C)C)c2)C1. The third-order valence-corrected chi connectivity index (χ3v) is 4.35. The van der Waals surface area contributed by atoms with Crippen molar-refractivity contribution in [3.05, 3.63) is 29.8 Å². The molecule has 1 saturated heterocycles. The summed E-state index contributed by atoms with van der Waals surface area (Å²) < 4.78 is 0. The first-order valence-corrected chi connectivity index (χ1v) is 8.13. The van der Waals surface area contributed by atoms with Crippen LogP contribution in [0.3, 0.4) is 0 Å². The van der Waals surface area contributed by atoms with Gasteiger partial charge in [-0.3, -0.25) is 9.59 Å². The highest BCUT2D eigenvalue weighted by atomic mass is 16.2. The second kappa shape index (κ2) is 6.95. The lowest BCUT2D eigenvalue weighted by atomic mass is 10.0. The van der Waals surface area contributed by atoms with Crippen LogP contribution < -0.4 is 10.2 Å². The van der Waals surface area contributed by atoms with E-state index in [1.165, 1.54) is 5.56 Å². The number of rotatable bonds is 5. The normalized spacial score (nSPS) is 19.6. The van der Waals surface area contributed by atoms with Gasteiger partial charge in [-0.2, -0.15) is 0 Å². The maximum Gasteiger partial charge on any atom is 0.227 e. The van der Waals surface area contributed by atoms with Gasteiger partial charge < -0.3 is 10.2 Å². The average Bonchev–Trinajstić information content (AvgIpc) is 2.89. The molecule has 1 aromatic carbocycles. The van der Waals surface area contributed by atoms with Crippen LogP contribution in [0.15, 0.2) is 24.3 Å². The molecule has 4 nitrogen and oxygen atoms in total. The number of amides is 2. The Balaban J connectivity index is 2.09. The monoisotopic (exact) mass is 302 g/mol. The first-order valence-electron chi connectivity index (χ1n) is 8.13. The number of hydrogen-bond donors (Lipinski definition) is 1. The van der Waals surface area contributed by atoms with Crippen LogP contribution in [0, 0.1) is 5.92 Å². The molecule has 22 heavy (non-hydrogen) atoms. The highest BCUT2D eigenvalue weighted by Gasteiger charge is 2.35. The Labute approximate surface area is 132 Å². The minimum absolute atomic E-state index is 0.00906. The Morgan fingerprint density at radius 3 is 2.73 bits per heavy atom. The lowest BCUT2D eigenvalue weighted by molar-refractivity contribution is -0.126. The Bertz CT molecular complexity index is 554. The Morgan fingerprint density at radius 1 is 1.36 bits per heavy atom. The van der Waals surface area contributed by atoms with E-state index in [0.29, 0.717) is 18.9 Å². The summed E-state index contributed by atoms with van der Waals surface area (Å²) in [6.07, 6.45) is 1.20. The van der Waals surface area contributed by atoms with Gasteiger partial charge in [0.05, 0.1) is 5.92 Å². The molecule has 0 unspecified atom stereocenters. The van der Waals surface area contributed by atoms with Crippen molar-refractivity contribution in [2.24, 2.45) is 5.92 Å². The molecule has 1 aliphatic heterocycles. The predicted octanol–water partition coefficient (Wildman–Crippen LogP) is 3.08. The van der Waals surface area contributed by atoms with E-state index >= 15 is 0 Å². The molecule has 0 radical (unpaired) electrons. The van der Waals surface area contributed by atoms with Crippen molar-refractivity contribution < 1.29 is 9.59 Å². The highest BCUT2D eigenvalue weighted by Crippen LogP contribution is 2.28. The third kappa shape index (κ3) is 3.67. The van der Waals surface area contributed by atoms with Gasteiger partial charge in [0.2, 0.25) is 11.8 Å². The van der Waals surface area contributed by atoms with E-state index < -0.39 is 0 Å². The molecular weight excluding hydrogens is 276 g/mol. The van der Waals surface area contributed by atoms with E-state index in [4.69, 9.17) is 0 Å². The molecule has 2 amide bonds. The Morgan fingerprint density at radius 2 is 2.09 bits per heavy atom. The molecule has 1 heterocycles. The van der Waals surface area contributed by atoms with E-state index in [1.54, 1.807) is 4.90 Å². The fourth-order valence-electron chi connectivity index (χ4n) is 2.65. The predicted molar refractivity (Wildman–Crippen MR) is 88.9 cm³/mol. The molecule has 0 spiro atoms. The minimum Gasteiger partial charge on any atom is -0.353 e. The molecular formula is C18H26N2O2. The topological polar surface area (TPSA) is 49.4 Å². The summed E-state index contributed by atoms with van der Waals surface area (Å²) in [5, 5.41) is 2.98. The maximum atomic E-state index is 12.3. The highest BCUT2D eigenvalue weighted by molar-refractivity contribution is 6.00. The lowest BCUT2D eigenvalue weighted by Crippen LogP contribution is -2.38. The second-order valence-corrected chi connectivity index (χ2v) is 6.47. The van der Waals surface area contributed by atoms with E-state index in [1.807, 2.05) is 26.0 Å². The van der Waals surface area contributed by atoms with Gasteiger partial charge in [0.1, 0.15) is 0 Å². The summed E-state index contributed by atoms with van der Waals surface area (Å²) >= 11 is 0. The van der Waals surface area contributed by atoms with Gasteiger partial charge in [-0.25, -0.2) is 0 Å². The van der Waals surface area contributed by atoms with Crippen LogP contribution in [0.5, 0.6) is 0 Å².